The second-order valence-corrected chi connectivity index (χ2v) is 9.26. The fourth-order valence-corrected chi connectivity index (χ4v) is 4.93. The lowest BCUT2D eigenvalue weighted by atomic mass is 9.78. The second kappa shape index (κ2) is 8.78. The van der Waals surface area contributed by atoms with E-state index in [9.17, 15) is 4.79 Å². The summed E-state index contributed by atoms with van der Waals surface area (Å²) < 4.78 is 5.31. The Bertz CT molecular complexity index is 1190. The van der Waals surface area contributed by atoms with Gasteiger partial charge in [-0.2, -0.15) is 0 Å². The molecule has 3 aromatic carbocycles. The van der Waals surface area contributed by atoms with Gasteiger partial charge in [0.25, 0.3) is 0 Å². The predicted molar refractivity (Wildman–Crippen MR) is 134 cm³/mol. The van der Waals surface area contributed by atoms with Gasteiger partial charge in [-0.05, 0) is 59.2 Å². The van der Waals surface area contributed by atoms with Crippen molar-refractivity contribution in [3.8, 4) is 5.75 Å². The van der Waals surface area contributed by atoms with Gasteiger partial charge in [0, 0.05) is 17.7 Å². The number of rotatable bonds is 4. The fourth-order valence-electron chi connectivity index (χ4n) is 4.93. The van der Waals surface area contributed by atoms with E-state index in [4.69, 9.17) is 4.74 Å². The van der Waals surface area contributed by atoms with E-state index in [0.717, 1.165) is 40.4 Å². The SMILES string of the molecule is COc1ccc([C@H]2CC(=O)C3=C(C2)Nc2ccccc2N[C@@H]3c2ccc(C(C)C)cc2)cc1. The highest BCUT2D eigenvalue weighted by Crippen LogP contribution is 2.44. The molecular weight excluding hydrogens is 408 g/mol. The quantitative estimate of drug-likeness (QED) is 0.470. The number of para-hydroxylation sites is 2. The first-order valence-electron chi connectivity index (χ1n) is 11.7. The molecule has 0 saturated heterocycles. The van der Waals surface area contributed by atoms with Gasteiger partial charge < -0.3 is 15.4 Å². The maximum Gasteiger partial charge on any atom is 0.163 e. The van der Waals surface area contributed by atoms with E-state index < -0.39 is 0 Å². The minimum absolute atomic E-state index is 0.142. The number of Topliss-reactive ketones (excluding diaryl/α,β-unsaturated/α-hetero) is 1. The normalized spacial score (nSPS) is 19.8. The van der Waals surface area contributed by atoms with Crippen molar-refractivity contribution in [1.82, 2.24) is 0 Å². The fraction of sp³-hybridized carbons (Fsp3) is 0.276. The third-order valence-electron chi connectivity index (χ3n) is 6.83. The molecule has 4 heteroatoms. The van der Waals surface area contributed by atoms with Crippen molar-refractivity contribution in [3.63, 3.8) is 0 Å². The predicted octanol–water partition coefficient (Wildman–Crippen LogP) is 6.80. The van der Waals surface area contributed by atoms with Crippen LogP contribution in [0.4, 0.5) is 11.4 Å². The maximum atomic E-state index is 13.6. The van der Waals surface area contributed by atoms with E-state index >= 15 is 0 Å². The van der Waals surface area contributed by atoms with Crippen LogP contribution in [0.3, 0.4) is 0 Å². The van der Waals surface area contributed by atoms with Gasteiger partial charge in [-0.1, -0.05) is 62.4 Å². The summed E-state index contributed by atoms with van der Waals surface area (Å²) in [6, 6.07) is 24.8. The first kappa shape index (κ1) is 21.3. The summed E-state index contributed by atoms with van der Waals surface area (Å²) in [5, 5.41) is 7.28. The second-order valence-electron chi connectivity index (χ2n) is 9.26. The highest BCUT2D eigenvalue weighted by atomic mass is 16.5. The summed E-state index contributed by atoms with van der Waals surface area (Å²) in [6.07, 6.45) is 1.30. The van der Waals surface area contributed by atoms with Crippen molar-refractivity contribution in [1.29, 1.82) is 0 Å². The van der Waals surface area contributed by atoms with E-state index in [1.165, 1.54) is 11.1 Å². The summed E-state index contributed by atoms with van der Waals surface area (Å²) in [6.45, 7) is 4.40. The number of carbonyl (C=O) groups is 1. The molecule has 0 radical (unpaired) electrons. The van der Waals surface area contributed by atoms with Crippen LogP contribution < -0.4 is 15.4 Å². The summed E-state index contributed by atoms with van der Waals surface area (Å²) in [4.78, 5) is 13.6. The van der Waals surface area contributed by atoms with Gasteiger partial charge in [0.05, 0.1) is 24.5 Å². The molecule has 0 unspecified atom stereocenters. The Morgan fingerprint density at radius 2 is 1.52 bits per heavy atom. The summed E-state index contributed by atoms with van der Waals surface area (Å²) in [5.74, 6) is 1.64. The molecule has 1 heterocycles. The number of hydrogen-bond acceptors (Lipinski definition) is 4. The molecule has 4 nitrogen and oxygen atoms in total. The van der Waals surface area contributed by atoms with Crippen molar-refractivity contribution < 1.29 is 9.53 Å². The van der Waals surface area contributed by atoms with E-state index in [1.807, 2.05) is 24.3 Å². The zero-order valence-electron chi connectivity index (χ0n) is 19.4. The van der Waals surface area contributed by atoms with E-state index in [1.54, 1.807) is 7.11 Å². The smallest absolute Gasteiger partial charge is 0.163 e. The molecule has 0 saturated carbocycles. The van der Waals surface area contributed by atoms with Crippen LogP contribution in [0.1, 0.15) is 61.3 Å². The largest absolute Gasteiger partial charge is 0.497 e. The van der Waals surface area contributed by atoms with Crippen LogP contribution in [-0.4, -0.2) is 12.9 Å². The van der Waals surface area contributed by atoms with E-state index in [2.05, 4.69) is 73.0 Å². The van der Waals surface area contributed by atoms with Gasteiger partial charge in [-0.15, -0.1) is 0 Å². The molecule has 2 N–H and O–H groups in total. The zero-order chi connectivity index (χ0) is 22.9. The molecule has 0 fully saturated rings. The lowest BCUT2D eigenvalue weighted by molar-refractivity contribution is -0.116. The third-order valence-corrected chi connectivity index (χ3v) is 6.83. The average Bonchev–Trinajstić information content (AvgIpc) is 3.01. The van der Waals surface area contributed by atoms with Crippen molar-refractivity contribution in [3.05, 3.63) is 101 Å². The van der Waals surface area contributed by atoms with Gasteiger partial charge >= 0.3 is 0 Å². The molecule has 0 aromatic heterocycles. The minimum atomic E-state index is -0.179. The standard InChI is InChI=1S/C29H30N2O2/c1-18(2)19-8-10-21(11-9-19)29-28-26(30-24-6-4-5-7-25(24)31-29)16-22(17-27(28)32)20-12-14-23(33-3)15-13-20/h4-15,18,22,29-31H,16-17H2,1-3H3/t22-,29-/m1/s1. The van der Waals surface area contributed by atoms with E-state index in [0.29, 0.717) is 12.3 Å². The van der Waals surface area contributed by atoms with E-state index in [-0.39, 0.29) is 17.7 Å². The summed E-state index contributed by atoms with van der Waals surface area (Å²) in [5.41, 5.74) is 7.47. The molecule has 1 aliphatic carbocycles. The number of allylic oxidation sites excluding steroid dienone is 1. The molecular formula is C29H30N2O2. The Hall–Kier alpha value is -3.53. The lowest BCUT2D eigenvalue weighted by Crippen LogP contribution is -2.26. The van der Waals surface area contributed by atoms with Crippen molar-refractivity contribution >= 4 is 17.2 Å². The topological polar surface area (TPSA) is 50.4 Å². The number of fused-ring (bicyclic) bond motifs is 1. The van der Waals surface area contributed by atoms with Crippen LogP contribution in [0, 0.1) is 0 Å². The lowest BCUT2D eigenvalue weighted by Gasteiger charge is -2.30. The molecule has 0 bridgehead atoms. The minimum Gasteiger partial charge on any atom is -0.497 e. The van der Waals surface area contributed by atoms with Crippen molar-refractivity contribution in [2.45, 2.75) is 44.6 Å². The Morgan fingerprint density at radius 3 is 2.18 bits per heavy atom. The van der Waals surface area contributed by atoms with Crippen LogP contribution in [-0.2, 0) is 4.79 Å². The summed E-state index contributed by atoms with van der Waals surface area (Å²) in [7, 11) is 1.67. The molecule has 168 valence electrons. The Morgan fingerprint density at radius 1 is 0.848 bits per heavy atom. The zero-order valence-corrected chi connectivity index (χ0v) is 19.4. The third kappa shape index (κ3) is 4.13. The average molecular weight is 439 g/mol. The van der Waals surface area contributed by atoms with Crippen LogP contribution in [0.25, 0.3) is 0 Å². The Labute approximate surface area is 195 Å². The molecule has 1 aliphatic heterocycles. The van der Waals surface area contributed by atoms with Gasteiger partial charge in [-0.25, -0.2) is 0 Å². The molecule has 2 aliphatic rings. The number of carbonyl (C=O) groups excluding carboxylic acids is 1. The molecule has 5 rings (SSSR count). The number of benzene rings is 3. The molecule has 0 amide bonds. The Balaban J connectivity index is 1.55. The number of ether oxygens (including phenoxy) is 1. The van der Waals surface area contributed by atoms with Gasteiger partial charge in [-0.3, -0.25) is 4.79 Å². The van der Waals surface area contributed by atoms with Crippen LogP contribution in [0.2, 0.25) is 0 Å². The van der Waals surface area contributed by atoms with Crippen LogP contribution in [0.5, 0.6) is 5.75 Å². The highest BCUT2D eigenvalue weighted by Gasteiger charge is 2.36. The molecule has 33 heavy (non-hydrogen) atoms. The van der Waals surface area contributed by atoms with Gasteiger partial charge in [0.2, 0.25) is 0 Å². The maximum absolute atomic E-state index is 13.6. The molecule has 3 aromatic rings. The molecule has 2 atom stereocenters. The summed E-state index contributed by atoms with van der Waals surface area (Å²) >= 11 is 0. The Kier molecular flexibility index (Phi) is 5.67. The monoisotopic (exact) mass is 438 g/mol. The number of anilines is 2. The van der Waals surface area contributed by atoms with Gasteiger partial charge in [0.1, 0.15) is 5.75 Å². The van der Waals surface area contributed by atoms with Crippen molar-refractivity contribution in [2.75, 3.05) is 17.7 Å². The number of nitrogens with one attached hydrogen (secondary N) is 2. The highest BCUT2D eigenvalue weighted by molar-refractivity contribution is 6.01. The van der Waals surface area contributed by atoms with Crippen molar-refractivity contribution in [2.24, 2.45) is 0 Å². The number of methoxy groups -OCH3 is 1. The van der Waals surface area contributed by atoms with Crippen LogP contribution in [0.15, 0.2) is 84.1 Å². The molecule has 0 spiro atoms. The number of ketones is 1. The number of hydrogen-bond donors (Lipinski definition) is 2. The van der Waals surface area contributed by atoms with Gasteiger partial charge in [0.15, 0.2) is 5.78 Å². The van der Waals surface area contributed by atoms with Crippen LogP contribution >= 0.6 is 0 Å². The first-order valence-corrected chi connectivity index (χ1v) is 11.7. The first-order chi connectivity index (χ1) is 16.0.